The summed E-state index contributed by atoms with van der Waals surface area (Å²) in [5.41, 5.74) is 2.26. The molecule has 0 fully saturated rings. The maximum Gasteiger partial charge on any atom is 0 e. The van der Waals surface area contributed by atoms with E-state index in [4.69, 9.17) is 0 Å². The first-order valence-electron chi connectivity index (χ1n) is 3.30. The van der Waals surface area contributed by atoms with Gasteiger partial charge in [-0.25, -0.2) is 0 Å². The van der Waals surface area contributed by atoms with Crippen LogP contribution < -0.4 is 4.90 Å². The molecule has 0 aliphatic rings. The van der Waals surface area contributed by atoms with Gasteiger partial charge in [-0.15, -0.1) is 6.07 Å². The largest absolute Gasteiger partial charge is 0.428 e. The molecule has 0 heterocycles. The number of rotatable bonds is 1. The van der Waals surface area contributed by atoms with Crippen molar-refractivity contribution in [2.45, 2.75) is 0 Å². The van der Waals surface area contributed by atoms with E-state index in [1.54, 1.807) is 0 Å². The van der Waals surface area contributed by atoms with Gasteiger partial charge in [-0.3, -0.25) is 0 Å². The van der Waals surface area contributed by atoms with E-state index in [2.05, 4.69) is 17.9 Å². The molecule has 1 aromatic rings. The van der Waals surface area contributed by atoms with Crippen molar-refractivity contribution in [3.05, 3.63) is 36.8 Å². The summed E-state index contributed by atoms with van der Waals surface area (Å²) in [6.45, 7) is 3.90. The molecule has 0 N–H and O–H groups in total. The molecule has 0 bridgehead atoms. The Balaban J connectivity index is 0.000001000. The summed E-state index contributed by atoms with van der Waals surface area (Å²) in [7, 11) is 4.04. The average Bonchev–Trinajstić information content (AvgIpc) is 1.88. The van der Waals surface area contributed by atoms with E-state index in [1.807, 2.05) is 32.3 Å². The molecular formula is C9H12NNd-. The summed E-state index contributed by atoms with van der Waals surface area (Å²) in [6, 6.07) is 8.08. The van der Waals surface area contributed by atoms with Crippen LogP contribution in [0, 0.1) is 47.8 Å². The number of hydrogen-bond donors (Lipinski definition) is 0. The van der Waals surface area contributed by atoms with Crippen molar-refractivity contribution in [1.82, 2.24) is 0 Å². The van der Waals surface area contributed by atoms with E-state index in [0.29, 0.717) is 0 Å². The van der Waals surface area contributed by atoms with Crippen LogP contribution in [0.3, 0.4) is 0 Å². The molecule has 0 spiro atoms. The van der Waals surface area contributed by atoms with Gasteiger partial charge in [0.15, 0.2) is 0 Å². The van der Waals surface area contributed by atoms with Crippen molar-refractivity contribution in [3.63, 3.8) is 0 Å². The molecule has 0 unspecified atom stereocenters. The summed E-state index contributed by atoms with van der Waals surface area (Å²) in [5, 5.41) is 0. The number of nitrogens with zero attached hydrogens (tertiary/aromatic N) is 1. The van der Waals surface area contributed by atoms with Gasteiger partial charge in [-0.05, 0) is 14.1 Å². The van der Waals surface area contributed by atoms with Gasteiger partial charge in [0, 0.05) is 40.8 Å². The Morgan fingerprint density at radius 2 is 1.73 bits per heavy atom. The normalized spacial score (nSPS) is 8.55. The molecule has 1 nitrogen and oxygen atoms in total. The number of benzene rings is 1. The van der Waals surface area contributed by atoms with Crippen LogP contribution in [-0.2, 0) is 0 Å². The van der Waals surface area contributed by atoms with E-state index in [1.165, 1.54) is 5.69 Å². The summed E-state index contributed by atoms with van der Waals surface area (Å²) in [4.78, 5) is 2.06. The second kappa shape index (κ2) is 4.99. The molecule has 1 rings (SSSR count). The molecule has 58 valence electrons. The molecule has 0 atom stereocenters. The Bertz CT molecular complexity index is 221. The topological polar surface area (TPSA) is 3.24 Å². The summed E-state index contributed by atoms with van der Waals surface area (Å²) < 4.78 is 0. The summed E-state index contributed by atoms with van der Waals surface area (Å²) in [5.74, 6) is 0. The molecule has 0 saturated carbocycles. The first kappa shape index (κ1) is 11.2. The molecule has 0 radical (unpaired) electrons. The third-order valence-electron chi connectivity index (χ3n) is 1.47. The van der Waals surface area contributed by atoms with Crippen LogP contribution in [0.25, 0.3) is 0 Å². The molecule has 0 aromatic heterocycles. The SMILES string of the molecule is [CH2-]c1ccccc1N(C)C.[Nd]. The van der Waals surface area contributed by atoms with Crippen molar-refractivity contribution in [2.75, 3.05) is 19.0 Å². The molecule has 0 aliphatic carbocycles. The van der Waals surface area contributed by atoms with Gasteiger partial charge >= 0.3 is 0 Å². The van der Waals surface area contributed by atoms with Crippen molar-refractivity contribution in [2.24, 2.45) is 0 Å². The van der Waals surface area contributed by atoms with Crippen LogP contribution in [0.5, 0.6) is 0 Å². The van der Waals surface area contributed by atoms with Crippen molar-refractivity contribution in [1.29, 1.82) is 0 Å². The average molecular weight is 278 g/mol. The van der Waals surface area contributed by atoms with Gasteiger partial charge in [0.2, 0.25) is 0 Å². The maximum absolute atomic E-state index is 3.90. The molecular weight excluding hydrogens is 266 g/mol. The third kappa shape index (κ3) is 2.99. The standard InChI is InChI=1S/C9H12N.Nd/c1-8-6-4-5-7-9(8)10(2)3;/h4-7H,1H2,2-3H3;/q-1;. The Hall–Kier alpha value is 0.241. The van der Waals surface area contributed by atoms with Gasteiger partial charge < -0.3 is 4.90 Å². The molecule has 1 aromatic carbocycles. The zero-order valence-electron chi connectivity index (χ0n) is 6.96. The number of para-hydroxylation sites is 1. The Labute approximate surface area is 101 Å². The molecule has 11 heavy (non-hydrogen) atoms. The van der Waals surface area contributed by atoms with Gasteiger partial charge in [0.05, 0.1) is 0 Å². The zero-order valence-corrected chi connectivity index (χ0v) is 10.2. The first-order valence-corrected chi connectivity index (χ1v) is 3.30. The minimum atomic E-state index is 0. The third-order valence-corrected chi connectivity index (χ3v) is 1.47. The van der Waals surface area contributed by atoms with Crippen LogP contribution in [-0.4, -0.2) is 14.1 Å². The quantitative estimate of drug-likeness (QED) is 0.710. The molecule has 0 aliphatic heterocycles. The summed E-state index contributed by atoms with van der Waals surface area (Å²) >= 11 is 0. The molecule has 0 amide bonds. The zero-order chi connectivity index (χ0) is 7.56. The van der Waals surface area contributed by atoms with E-state index in [0.717, 1.165) is 5.56 Å². The van der Waals surface area contributed by atoms with Gasteiger partial charge in [0.1, 0.15) is 0 Å². The first-order chi connectivity index (χ1) is 4.72. The Kier molecular flexibility index (Phi) is 5.10. The predicted octanol–water partition coefficient (Wildman–Crippen LogP) is 1.93. The second-order valence-corrected chi connectivity index (χ2v) is 2.52. The smallest absolute Gasteiger partial charge is 0 e. The van der Waals surface area contributed by atoms with E-state index in [9.17, 15) is 0 Å². The molecule has 2 heteroatoms. The maximum atomic E-state index is 3.90. The fraction of sp³-hybridized carbons (Fsp3) is 0.222. The van der Waals surface area contributed by atoms with Crippen molar-refractivity contribution >= 4 is 5.69 Å². The fourth-order valence-electron chi connectivity index (χ4n) is 0.947. The predicted molar refractivity (Wildman–Crippen MR) is 45.2 cm³/mol. The monoisotopic (exact) mass is 276 g/mol. The minimum Gasteiger partial charge on any atom is -0.428 e. The van der Waals surface area contributed by atoms with Gasteiger partial charge in [-0.2, -0.15) is 18.6 Å². The van der Waals surface area contributed by atoms with Crippen LogP contribution in [0.15, 0.2) is 24.3 Å². The van der Waals surface area contributed by atoms with E-state index < -0.39 is 0 Å². The van der Waals surface area contributed by atoms with Crippen LogP contribution in [0.1, 0.15) is 5.56 Å². The minimum absolute atomic E-state index is 0. The van der Waals surface area contributed by atoms with Gasteiger partial charge in [-0.1, -0.05) is 17.8 Å². The van der Waals surface area contributed by atoms with Crippen molar-refractivity contribution in [3.8, 4) is 0 Å². The molecule has 0 saturated heterocycles. The fourth-order valence-corrected chi connectivity index (χ4v) is 0.947. The second-order valence-electron chi connectivity index (χ2n) is 2.52. The van der Waals surface area contributed by atoms with Crippen LogP contribution in [0.4, 0.5) is 5.69 Å². The van der Waals surface area contributed by atoms with E-state index in [-0.39, 0.29) is 40.8 Å². The number of anilines is 1. The Morgan fingerprint density at radius 3 is 2.09 bits per heavy atom. The van der Waals surface area contributed by atoms with Crippen LogP contribution in [0.2, 0.25) is 0 Å². The Morgan fingerprint density at radius 1 is 1.18 bits per heavy atom. The van der Waals surface area contributed by atoms with Gasteiger partial charge in [0.25, 0.3) is 0 Å². The summed E-state index contributed by atoms with van der Waals surface area (Å²) in [6.07, 6.45) is 0. The van der Waals surface area contributed by atoms with E-state index >= 15 is 0 Å². The number of hydrogen-bond acceptors (Lipinski definition) is 1. The van der Waals surface area contributed by atoms with Crippen LogP contribution >= 0.6 is 0 Å². The van der Waals surface area contributed by atoms with Crippen molar-refractivity contribution < 1.29 is 40.8 Å².